The fourth-order valence-electron chi connectivity index (χ4n) is 2.07. The Labute approximate surface area is 135 Å². The second-order valence-corrected chi connectivity index (χ2v) is 8.35. The maximum Gasteiger partial charge on any atom is 0.242 e. The average Bonchev–Trinajstić information content (AvgIpc) is 3.02. The molecule has 1 aromatic heterocycles. The number of nitrogens with one attached hydrogen (secondary N) is 1. The molecule has 0 saturated carbocycles. The van der Waals surface area contributed by atoms with Gasteiger partial charge in [0.25, 0.3) is 0 Å². The molecule has 1 N–H and O–H groups in total. The maximum absolute atomic E-state index is 13.9. The molecular weight excluding hydrogens is 319 g/mol. The Bertz CT molecular complexity index is 799. The highest BCUT2D eigenvalue weighted by Gasteiger charge is 2.31. The molecule has 0 spiro atoms. The number of nitrogens with zero attached hydrogens (tertiary/aromatic N) is 1. The van der Waals surface area contributed by atoms with E-state index in [9.17, 15) is 17.6 Å². The van der Waals surface area contributed by atoms with Crippen molar-refractivity contribution < 1.29 is 17.6 Å². The summed E-state index contributed by atoms with van der Waals surface area (Å²) in [6.45, 7) is 4.32. The molecule has 0 unspecified atom stereocenters. The zero-order chi connectivity index (χ0) is 17.2. The number of sulfone groups is 1. The molecule has 5 nitrogen and oxygen atoms in total. The van der Waals surface area contributed by atoms with Gasteiger partial charge in [0, 0.05) is 18.1 Å². The minimum atomic E-state index is -3.60. The monoisotopic (exact) mass is 338 g/mol. The molecule has 1 aromatic carbocycles. The summed E-state index contributed by atoms with van der Waals surface area (Å²) in [7, 11) is -3.60. The lowest BCUT2D eigenvalue weighted by molar-refractivity contribution is -0.115. The van der Waals surface area contributed by atoms with Gasteiger partial charge in [0.1, 0.15) is 11.1 Å². The van der Waals surface area contributed by atoms with E-state index in [4.69, 9.17) is 0 Å². The van der Waals surface area contributed by atoms with Crippen LogP contribution < -0.4 is 5.32 Å². The lowest BCUT2D eigenvalue weighted by Crippen LogP contribution is -2.36. The van der Waals surface area contributed by atoms with Crippen LogP contribution in [0.25, 0.3) is 5.69 Å². The Kier molecular flexibility index (Phi) is 4.89. The number of aromatic nitrogens is 1. The first-order chi connectivity index (χ1) is 10.7. The van der Waals surface area contributed by atoms with Crippen molar-refractivity contribution in [2.24, 2.45) is 0 Å². The van der Waals surface area contributed by atoms with Gasteiger partial charge in [-0.15, -0.1) is 0 Å². The van der Waals surface area contributed by atoms with Crippen LogP contribution in [0.1, 0.15) is 20.8 Å². The van der Waals surface area contributed by atoms with Crippen molar-refractivity contribution in [3.05, 3.63) is 48.5 Å². The molecule has 0 saturated heterocycles. The zero-order valence-electron chi connectivity index (χ0n) is 13.2. The highest BCUT2D eigenvalue weighted by molar-refractivity contribution is 7.93. The molecule has 2 rings (SSSR count). The van der Waals surface area contributed by atoms with Gasteiger partial charge in [-0.1, -0.05) is 0 Å². The molecule has 0 radical (unpaired) electrons. The number of anilines is 1. The predicted octanol–water partition coefficient (Wildman–Crippen LogP) is 2.77. The van der Waals surface area contributed by atoms with Gasteiger partial charge >= 0.3 is 0 Å². The summed E-state index contributed by atoms with van der Waals surface area (Å²) in [6, 6.07) is 7.89. The number of amides is 1. The lowest BCUT2D eigenvalue weighted by Gasteiger charge is -2.16. The number of carbonyl (C=O) groups is 1. The number of rotatable bonds is 5. The molecule has 1 atom stereocenters. The summed E-state index contributed by atoms with van der Waals surface area (Å²) in [5.74, 6) is -1.37. The van der Waals surface area contributed by atoms with Crippen molar-refractivity contribution in [3.8, 4) is 5.69 Å². The minimum Gasteiger partial charge on any atom is -0.324 e. The Balaban J connectivity index is 2.26. The van der Waals surface area contributed by atoms with Crippen molar-refractivity contribution in [2.75, 3.05) is 5.32 Å². The first-order valence-electron chi connectivity index (χ1n) is 7.20. The summed E-state index contributed by atoms with van der Waals surface area (Å²) in [5, 5.41) is 0.433. The Morgan fingerprint density at radius 3 is 2.35 bits per heavy atom. The molecule has 0 fully saturated rings. The van der Waals surface area contributed by atoms with Gasteiger partial charge in [-0.25, -0.2) is 12.8 Å². The van der Waals surface area contributed by atoms with E-state index in [1.165, 1.54) is 32.9 Å². The third-order valence-corrected chi connectivity index (χ3v) is 6.14. The van der Waals surface area contributed by atoms with Gasteiger partial charge in [0.05, 0.1) is 10.9 Å². The van der Waals surface area contributed by atoms with Gasteiger partial charge in [0.15, 0.2) is 9.84 Å². The lowest BCUT2D eigenvalue weighted by atomic mass is 10.2. The minimum absolute atomic E-state index is 0.0491. The summed E-state index contributed by atoms with van der Waals surface area (Å²) in [6.07, 6.45) is 3.56. The van der Waals surface area contributed by atoms with E-state index < -0.39 is 32.1 Å². The van der Waals surface area contributed by atoms with Crippen LogP contribution in [0, 0.1) is 5.82 Å². The van der Waals surface area contributed by atoms with Crippen LogP contribution >= 0.6 is 0 Å². The largest absolute Gasteiger partial charge is 0.324 e. The van der Waals surface area contributed by atoms with E-state index in [-0.39, 0.29) is 5.69 Å². The van der Waals surface area contributed by atoms with Crippen LogP contribution in [0.3, 0.4) is 0 Å². The third kappa shape index (κ3) is 3.61. The number of hydrogen-bond donors (Lipinski definition) is 1. The van der Waals surface area contributed by atoms with Gasteiger partial charge in [-0.2, -0.15) is 0 Å². The smallest absolute Gasteiger partial charge is 0.242 e. The van der Waals surface area contributed by atoms with Crippen LogP contribution in [0.4, 0.5) is 10.1 Å². The quantitative estimate of drug-likeness (QED) is 0.911. The second-order valence-electron chi connectivity index (χ2n) is 5.52. The van der Waals surface area contributed by atoms with Gasteiger partial charge in [-0.05, 0) is 51.1 Å². The standard InChI is InChI=1S/C16H19FN2O3S/c1-11(2)23(21,22)12(3)16(20)18-15-10-13(6-7-14(15)17)19-8-4-5-9-19/h4-12H,1-3H3,(H,18,20)/t12-/m0/s1. The van der Waals surface area contributed by atoms with E-state index in [0.717, 1.165) is 0 Å². The van der Waals surface area contributed by atoms with Crippen LogP contribution in [-0.4, -0.2) is 29.4 Å². The normalized spacial score (nSPS) is 13.1. The molecule has 1 heterocycles. The fraction of sp³-hybridized carbons (Fsp3) is 0.312. The zero-order valence-corrected chi connectivity index (χ0v) is 14.0. The third-order valence-electron chi connectivity index (χ3n) is 3.63. The fourth-order valence-corrected chi connectivity index (χ4v) is 3.24. The summed E-state index contributed by atoms with van der Waals surface area (Å²) in [5.41, 5.74) is 0.609. The van der Waals surface area contributed by atoms with Gasteiger partial charge in [0.2, 0.25) is 5.91 Å². The van der Waals surface area contributed by atoms with Crippen LogP contribution in [0.2, 0.25) is 0 Å². The van der Waals surface area contributed by atoms with E-state index in [1.807, 2.05) is 12.1 Å². The molecule has 7 heteroatoms. The Hall–Kier alpha value is -2.15. The van der Waals surface area contributed by atoms with Crippen LogP contribution in [0.5, 0.6) is 0 Å². The van der Waals surface area contributed by atoms with Crippen molar-refractivity contribution in [3.63, 3.8) is 0 Å². The second kappa shape index (κ2) is 6.54. The number of carbonyl (C=O) groups excluding carboxylic acids is 1. The summed E-state index contributed by atoms with van der Waals surface area (Å²) < 4.78 is 39.8. The molecule has 0 aliphatic carbocycles. The van der Waals surface area contributed by atoms with E-state index in [1.54, 1.807) is 23.0 Å². The van der Waals surface area contributed by atoms with Crippen molar-refractivity contribution in [1.29, 1.82) is 0 Å². The number of hydrogen-bond acceptors (Lipinski definition) is 3. The average molecular weight is 338 g/mol. The Morgan fingerprint density at radius 1 is 1.17 bits per heavy atom. The first kappa shape index (κ1) is 17.2. The predicted molar refractivity (Wildman–Crippen MR) is 87.9 cm³/mol. The highest BCUT2D eigenvalue weighted by atomic mass is 32.2. The van der Waals surface area contributed by atoms with E-state index in [2.05, 4.69) is 5.32 Å². The van der Waals surface area contributed by atoms with Crippen molar-refractivity contribution in [1.82, 2.24) is 4.57 Å². The van der Waals surface area contributed by atoms with Crippen LogP contribution in [-0.2, 0) is 14.6 Å². The van der Waals surface area contributed by atoms with E-state index >= 15 is 0 Å². The van der Waals surface area contributed by atoms with E-state index in [0.29, 0.717) is 5.69 Å². The SMILES string of the molecule is CC(C)S(=O)(=O)[C@@H](C)C(=O)Nc1cc(-n2cccc2)ccc1F. The molecule has 124 valence electrons. The number of benzene rings is 1. The topological polar surface area (TPSA) is 68.2 Å². The Morgan fingerprint density at radius 2 is 1.78 bits per heavy atom. The number of halogens is 1. The molecular formula is C16H19FN2O3S. The van der Waals surface area contributed by atoms with Crippen LogP contribution in [0.15, 0.2) is 42.7 Å². The molecule has 0 bridgehead atoms. The molecule has 0 aliphatic rings. The molecule has 1 amide bonds. The maximum atomic E-state index is 13.9. The van der Waals surface area contributed by atoms with Crippen molar-refractivity contribution >= 4 is 21.4 Å². The van der Waals surface area contributed by atoms with Crippen molar-refractivity contribution in [2.45, 2.75) is 31.3 Å². The first-order valence-corrected chi connectivity index (χ1v) is 8.81. The summed E-state index contributed by atoms with van der Waals surface area (Å²) in [4.78, 5) is 12.1. The molecule has 23 heavy (non-hydrogen) atoms. The summed E-state index contributed by atoms with van der Waals surface area (Å²) >= 11 is 0. The molecule has 2 aromatic rings. The highest BCUT2D eigenvalue weighted by Crippen LogP contribution is 2.20. The molecule has 0 aliphatic heterocycles. The van der Waals surface area contributed by atoms with Gasteiger partial charge in [-0.3, -0.25) is 4.79 Å². The van der Waals surface area contributed by atoms with Gasteiger partial charge < -0.3 is 9.88 Å².